The van der Waals surface area contributed by atoms with E-state index in [0.717, 1.165) is 7.11 Å². The molecule has 0 aliphatic rings. The van der Waals surface area contributed by atoms with Crippen LogP contribution in [0.15, 0.2) is 18.2 Å². The van der Waals surface area contributed by atoms with Crippen LogP contribution in [0, 0.1) is 0 Å². The summed E-state index contributed by atoms with van der Waals surface area (Å²) < 4.78 is 9.07. The minimum atomic E-state index is -1.13. The predicted molar refractivity (Wildman–Crippen MR) is 90.1 cm³/mol. The van der Waals surface area contributed by atoms with Crippen LogP contribution in [0.4, 0.5) is 5.69 Å². The molecule has 0 fully saturated rings. The van der Waals surface area contributed by atoms with Crippen LogP contribution in [-0.4, -0.2) is 44.1 Å². The summed E-state index contributed by atoms with van der Waals surface area (Å²) in [5, 5.41) is 6.09. The fourth-order valence-electron chi connectivity index (χ4n) is 1.78. The van der Waals surface area contributed by atoms with Crippen molar-refractivity contribution in [2.75, 3.05) is 19.5 Å². The molecule has 24 heavy (non-hydrogen) atoms. The molecule has 0 spiro atoms. The van der Waals surface area contributed by atoms with Gasteiger partial charge in [0, 0.05) is 5.69 Å². The normalized spacial score (nSPS) is 12.7. The van der Waals surface area contributed by atoms with Gasteiger partial charge in [0.25, 0.3) is 0 Å². The average Bonchev–Trinajstić information content (AvgIpc) is 2.56. The maximum Gasteiger partial charge on any atom is 0.328 e. The molecule has 1 unspecified atom stereocenters. The third kappa shape index (κ3) is 5.90. The highest BCUT2D eigenvalue weighted by Crippen LogP contribution is 2.25. The number of methoxy groups -OCH3 is 2. The van der Waals surface area contributed by atoms with Gasteiger partial charge in [-0.05, 0) is 25.1 Å². The van der Waals surface area contributed by atoms with Crippen LogP contribution in [0.25, 0.3) is 0 Å². The second-order valence-electron chi connectivity index (χ2n) is 4.86. The summed E-state index contributed by atoms with van der Waals surface area (Å²) in [6.45, 7) is 1.59. The maximum atomic E-state index is 12.2. The molecule has 0 aliphatic carbocycles. The number of anilines is 1. The first-order valence-corrected chi connectivity index (χ1v) is 7.70. The number of esters is 2. The lowest BCUT2D eigenvalue weighted by Crippen LogP contribution is -2.48. The predicted octanol–water partition coefficient (Wildman–Crippen LogP) is 2.01. The van der Waals surface area contributed by atoms with Crippen molar-refractivity contribution in [3.05, 3.63) is 28.2 Å². The van der Waals surface area contributed by atoms with Crippen LogP contribution < -0.4 is 10.6 Å². The minimum absolute atomic E-state index is 0.325. The largest absolute Gasteiger partial charge is 0.469 e. The van der Waals surface area contributed by atoms with Gasteiger partial charge < -0.3 is 20.1 Å². The summed E-state index contributed by atoms with van der Waals surface area (Å²) >= 11 is 11.7. The number of amides is 1. The van der Waals surface area contributed by atoms with Crippen LogP contribution in [0.2, 0.25) is 10.0 Å². The van der Waals surface area contributed by atoms with Crippen LogP contribution >= 0.6 is 23.2 Å². The molecule has 0 aliphatic heterocycles. The Bertz CT molecular complexity index is 624. The molecule has 7 nitrogen and oxygen atoms in total. The fourth-order valence-corrected chi connectivity index (χ4v) is 2.08. The molecule has 9 heteroatoms. The smallest absolute Gasteiger partial charge is 0.328 e. The van der Waals surface area contributed by atoms with Crippen molar-refractivity contribution in [1.29, 1.82) is 0 Å². The van der Waals surface area contributed by atoms with Gasteiger partial charge >= 0.3 is 11.9 Å². The van der Waals surface area contributed by atoms with Crippen molar-refractivity contribution in [2.24, 2.45) is 0 Å². The topological polar surface area (TPSA) is 93.7 Å². The Hall–Kier alpha value is -1.99. The van der Waals surface area contributed by atoms with Gasteiger partial charge in [-0.15, -0.1) is 0 Å². The monoisotopic (exact) mass is 376 g/mol. The van der Waals surface area contributed by atoms with Gasteiger partial charge in [0.05, 0.1) is 30.7 Å². The summed E-state index contributed by atoms with van der Waals surface area (Å²) in [5.74, 6) is -1.88. The molecule has 0 bridgehead atoms. The van der Waals surface area contributed by atoms with Crippen LogP contribution in [0.3, 0.4) is 0 Å². The molecular weight excluding hydrogens is 359 g/mol. The van der Waals surface area contributed by atoms with Gasteiger partial charge in [0.15, 0.2) is 0 Å². The van der Waals surface area contributed by atoms with Crippen LogP contribution in [0.1, 0.15) is 13.3 Å². The first-order chi connectivity index (χ1) is 11.3. The molecule has 132 valence electrons. The molecule has 2 N–H and O–H groups in total. The third-order valence-corrected chi connectivity index (χ3v) is 3.84. The maximum absolute atomic E-state index is 12.2. The number of hydrogen-bond acceptors (Lipinski definition) is 6. The lowest BCUT2D eigenvalue weighted by atomic mass is 10.2. The van der Waals surface area contributed by atoms with Crippen molar-refractivity contribution in [3.8, 4) is 0 Å². The highest BCUT2D eigenvalue weighted by Gasteiger charge is 2.27. The number of ether oxygens (including phenoxy) is 2. The van der Waals surface area contributed by atoms with Crippen molar-refractivity contribution < 1.29 is 23.9 Å². The molecule has 0 heterocycles. The van der Waals surface area contributed by atoms with E-state index >= 15 is 0 Å². The number of nitrogens with one attached hydrogen (secondary N) is 2. The standard InChI is InChI=1S/C15H18Cl2N2O5/c1-8(18-9-4-5-10(16)11(17)6-9)14(21)19-12(15(22)24-3)7-13(20)23-2/h4-6,8,12,18H,7H2,1-3H3,(H,19,21)/t8?,12-/m0/s1. The zero-order valence-electron chi connectivity index (χ0n) is 13.4. The lowest BCUT2D eigenvalue weighted by Gasteiger charge is -2.20. The summed E-state index contributed by atoms with van der Waals surface area (Å²) in [5.41, 5.74) is 0.578. The quantitative estimate of drug-likeness (QED) is 0.707. The summed E-state index contributed by atoms with van der Waals surface area (Å²) in [6, 6.07) is 2.98. The number of halogens is 2. The van der Waals surface area contributed by atoms with Gasteiger partial charge in [-0.2, -0.15) is 0 Å². The van der Waals surface area contributed by atoms with E-state index < -0.39 is 29.9 Å². The van der Waals surface area contributed by atoms with E-state index in [1.807, 2.05) is 0 Å². The Morgan fingerprint density at radius 1 is 1.12 bits per heavy atom. The van der Waals surface area contributed by atoms with E-state index in [1.165, 1.54) is 7.11 Å². The summed E-state index contributed by atoms with van der Waals surface area (Å²) in [4.78, 5) is 35.2. The van der Waals surface area contributed by atoms with Gasteiger partial charge in [-0.25, -0.2) is 4.79 Å². The molecule has 2 atom stereocenters. The van der Waals surface area contributed by atoms with E-state index in [0.29, 0.717) is 15.7 Å². The van der Waals surface area contributed by atoms with E-state index in [2.05, 4.69) is 20.1 Å². The molecule has 0 saturated carbocycles. The van der Waals surface area contributed by atoms with Gasteiger partial charge in [-0.1, -0.05) is 23.2 Å². The Labute approximate surface area is 149 Å². The van der Waals surface area contributed by atoms with Crippen molar-refractivity contribution in [1.82, 2.24) is 5.32 Å². The highest BCUT2D eigenvalue weighted by molar-refractivity contribution is 6.42. The van der Waals surface area contributed by atoms with Gasteiger partial charge in [-0.3, -0.25) is 9.59 Å². The zero-order valence-corrected chi connectivity index (χ0v) is 14.9. The minimum Gasteiger partial charge on any atom is -0.469 e. The molecule has 0 aromatic heterocycles. The average molecular weight is 377 g/mol. The van der Waals surface area contributed by atoms with E-state index in [-0.39, 0.29) is 6.42 Å². The Kier molecular flexibility index (Phi) is 7.81. The Balaban J connectivity index is 2.73. The number of hydrogen-bond donors (Lipinski definition) is 2. The first-order valence-electron chi connectivity index (χ1n) is 6.95. The Morgan fingerprint density at radius 3 is 2.33 bits per heavy atom. The highest BCUT2D eigenvalue weighted by atomic mass is 35.5. The first kappa shape index (κ1) is 20.1. The SMILES string of the molecule is COC(=O)C[C@H](NC(=O)C(C)Nc1ccc(Cl)c(Cl)c1)C(=O)OC. The molecule has 1 aromatic rings. The van der Waals surface area contributed by atoms with Crippen molar-refractivity contribution >= 4 is 46.7 Å². The zero-order chi connectivity index (χ0) is 18.3. The number of rotatable bonds is 7. The third-order valence-electron chi connectivity index (χ3n) is 3.10. The fraction of sp³-hybridized carbons (Fsp3) is 0.400. The molecule has 0 radical (unpaired) electrons. The number of benzene rings is 1. The van der Waals surface area contributed by atoms with Gasteiger partial charge in [0.1, 0.15) is 12.1 Å². The van der Waals surface area contributed by atoms with Crippen molar-refractivity contribution in [2.45, 2.75) is 25.4 Å². The second-order valence-corrected chi connectivity index (χ2v) is 5.67. The van der Waals surface area contributed by atoms with Crippen molar-refractivity contribution in [3.63, 3.8) is 0 Å². The summed E-state index contributed by atoms with van der Waals surface area (Å²) in [6.07, 6.45) is -0.325. The van der Waals surface area contributed by atoms with E-state index in [1.54, 1.807) is 25.1 Å². The number of carbonyl (C=O) groups excluding carboxylic acids is 3. The van der Waals surface area contributed by atoms with Crippen LogP contribution in [-0.2, 0) is 23.9 Å². The lowest BCUT2D eigenvalue weighted by molar-refractivity contribution is -0.150. The molecule has 0 saturated heterocycles. The second kappa shape index (κ2) is 9.34. The van der Waals surface area contributed by atoms with Gasteiger partial charge in [0.2, 0.25) is 5.91 Å². The summed E-state index contributed by atoms with van der Waals surface area (Å²) in [7, 11) is 2.35. The Morgan fingerprint density at radius 2 is 1.79 bits per heavy atom. The molecule has 1 rings (SSSR count). The van der Waals surface area contributed by atoms with E-state index in [9.17, 15) is 14.4 Å². The van der Waals surface area contributed by atoms with E-state index in [4.69, 9.17) is 23.2 Å². The molecule has 1 amide bonds. The number of carbonyl (C=O) groups is 3. The molecule has 1 aromatic carbocycles. The molecular formula is C15H18Cl2N2O5. The van der Waals surface area contributed by atoms with Crippen LogP contribution in [0.5, 0.6) is 0 Å².